The van der Waals surface area contributed by atoms with Gasteiger partial charge in [0.1, 0.15) is 6.26 Å². The Morgan fingerprint density at radius 1 is 1.41 bits per heavy atom. The van der Waals surface area contributed by atoms with Gasteiger partial charge in [0.25, 0.3) is 5.91 Å². The number of nitrogens with zero attached hydrogens (tertiary/aromatic N) is 1. The van der Waals surface area contributed by atoms with Gasteiger partial charge in [-0.25, -0.2) is 0 Å². The van der Waals surface area contributed by atoms with Crippen LogP contribution in [0, 0.1) is 0 Å². The molecule has 4 N–H and O–H groups in total. The van der Waals surface area contributed by atoms with Gasteiger partial charge in [0, 0.05) is 11.1 Å². The molecule has 2 rings (SSSR count). The first-order valence-electron chi connectivity index (χ1n) is 4.68. The Kier molecular flexibility index (Phi) is 3.27. The van der Waals surface area contributed by atoms with E-state index < -0.39 is 0 Å². The number of nitrogens with two attached hydrogens (primary N) is 1. The highest BCUT2D eigenvalue weighted by Gasteiger charge is 2.12. The Morgan fingerprint density at radius 2 is 2.24 bits per heavy atom. The molecule has 1 aromatic carbocycles. The number of hydrogen-bond donors (Lipinski definition) is 3. The zero-order valence-electron chi connectivity index (χ0n) is 8.61. The first-order chi connectivity index (χ1) is 8.20. The summed E-state index contributed by atoms with van der Waals surface area (Å²) < 4.78 is 4.60. The molecule has 1 aromatic heterocycles. The van der Waals surface area contributed by atoms with Crippen LogP contribution in [0.1, 0.15) is 10.4 Å². The summed E-state index contributed by atoms with van der Waals surface area (Å²) in [5.41, 5.74) is 3.21. The quantitative estimate of drug-likeness (QED) is 0.573. The maximum atomic E-state index is 11.9. The highest BCUT2D eigenvalue weighted by Crippen LogP contribution is 2.20. The number of carbonyl (C=O) groups excluding carboxylic acids is 1. The van der Waals surface area contributed by atoms with E-state index in [0.717, 1.165) is 0 Å². The number of hydrazine groups is 1. The smallest absolute Gasteiger partial charge is 0.259 e. The fraction of sp³-hybridized carbons (Fsp3) is 0. The molecule has 88 valence electrons. The number of amides is 1. The normalized spacial score (nSPS) is 10.0. The molecule has 7 heteroatoms. The molecule has 0 aliphatic heterocycles. The number of rotatable bonds is 3. The first-order valence-corrected chi connectivity index (χ1v) is 5.06. The summed E-state index contributed by atoms with van der Waals surface area (Å²) in [6.07, 6.45) is 1.36. The van der Waals surface area contributed by atoms with Crippen molar-refractivity contribution in [3.05, 3.63) is 41.1 Å². The Bertz CT molecular complexity index is 527. The van der Waals surface area contributed by atoms with Crippen LogP contribution in [0.25, 0.3) is 0 Å². The van der Waals surface area contributed by atoms with Crippen molar-refractivity contribution in [2.75, 3.05) is 10.7 Å². The Hall–Kier alpha value is -2.05. The standard InChI is InChI=1S/C10H9ClN4O2/c11-6-1-2-8(14-12)7(5-6)10(16)13-9-3-4-17-15-9/h1-5,14H,12H2,(H,13,15,16). The van der Waals surface area contributed by atoms with E-state index in [2.05, 4.69) is 20.4 Å². The van der Waals surface area contributed by atoms with Crippen molar-refractivity contribution in [2.24, 2.45) is 5.84 Å². The molecule has 0 bridgehead atoms. The SMILES string of the molecule is NNc1ccc(Cl)cc1C(=O)Nc1ccon1. The van der Waals surface area contributed by atoms with Crippen LogP contribution in [-0.4, -0.2) is 11.1 Å². The summed E-state index contributed by atoms with van der Waals surface area (Å²) in [7, 11) is 0. The summed E-state index contributed by atoms with van der Waals surface area (Å²) in [5.74, 6) is 5.24. The Labute approximate surface area is 102 Å². The van der Waals surface area contributed by atoms with Crippen LogP contribution >= 0.6 is 11.6 Å². The van der Waals surface area contributed by atoms with Gasteiger partial charge in [0.05, 0.1) is 11.3 Å². The summed E-state index contributed by atoms with van der Waals surface area (Å²) in [5, 5.41) is 6.55. The topological polar surface area (TPSA) is 93.2 Å². The van der Waals surface area contributed by atoms with E-state index in [1.807, 2.05) is 0 Å². The van der Waals surface area contributed by atoms with Crippen molar-refractivity contribution >= 4 is 29.0 Å². The van der Waals surface area contributed by atoms with Crippen LogP contribution in [0.4, 0.5) is 11.5 Å². The van der Waals surface area contributed by atoms with Crippen LogP contribution in [0.3, 0.4) is 0 Å². The summed E-state index contributed by atoms with van der Waals surface area (Å²) in [6.45, 7) is 0. The molecule has 0 fully saturated rings. The minimum atomic E-state index is -0.380. The number of aromatic nitrogens is 1. The Morgan fingerprint density at radius 3 is 2.88 bits per heavy atom. The number of hydrogen-bond acceptors (Lipinski definition) is 5. The summed E-state index contributed by atoms with van der Waals surface area (Å²) in [6, 6.07) is 6.27. The van der Waals surface area contributed by atoms with Gasteiger partial charge >= 0.3 is 0 Å². The third-order valence-corrected chi connectivity index (χ3v) is 2.30. The van der Waals surface area contributed by atoms with Crippen molar-refractivity contribution in [1.29, 1.82) is 0 Å². The highest BCUT2D eigenvalue weighted by molar-refractivity contribution is 6.31. The molecule has 2 aromatic rings. The maximum Gasteiger partial charge on any atom is 0.259 e. The molecule has 1 heterocycles. The van der Waals surface area contributed by atoms with Crippen LogP contribution in [0.2, 0.25) is 5.02 Å². The third kappa shape index (κ3) is 2.55. The van der Waals surface area contributed by atoms with Gasteiger partial charge in [0.2, 0.25) is 0 Å². The fourth-order valence-electron chi connectivity index (χ4n) is 1.29. The number of anilines is 2. The zero-order chi connectivity index (χ0) is 12.3. The van der Waals surface area contributed by atoms with Gasteiger partial charge in [0.15, 0.2) is 5.82 Å². The lowest BCUT2D eigenvalue weighted by molar-refractivity contribution is 0.102. The van der Waals surface area contributed by atoms with E-state index in [1.165, 1.54) is 18.4 Å². The molecule has 0 spiro atoms. The van der Waals surface area contributed by atoms with Crippen LogP contribution < -0.4 is 16.6 Å². The Balaban J connectivity index is 2.26. The molecule has 6 nitrogen and oxygen atoms in total. The number of nitrogens with one attached hydrogen (secondary N) is 2. The van der Waals surface area contributed by atoms with Crippen LogP contribution in [0.15, 0.2) is 35.1 Å². The molecular formula is C10H9ClN4O2. The second-order valence-electron chi connectivity index (χ2n) is 3.17. The molecule has 0 unspecified atom stereocenters. The largest absolute Gasteiger partial charge is 0.363 e. The second-order valence-corrected chi connectivity index (χ2v) is 3.61. The fourth-order valence-corrected chi connectivity index (χ4v) is 1.46. The minimum absolute atomic E-state index is 0.318. The molecule has 1 amide bonds. The molecular weight excluding hydrogens is 244 g/mol. The molecule has 0 aliphatic carbocycles. The van der Waals surface area contributed by atoms with Crippen molar-refractivity contribution in [3.63, 3.8) is 0 Å². The van der Waals surface area contributed by atoms with E-state index in [-0.39, 0.29) is 5.91 Å². The monoisotopic (exact) mass is 252 g/mol. The number of benzene rings is 1. The highest BCUT2D eigenvalue weighted by atomic mass is 35.5. The zero-order valence-corrected chi connectivity index (χ0v) is 9.36. The molecule has 0 atom stereocenters. The molecule has 0 saturated carbocycles. The van der Waals surface area contributed by atoms with Gasteiger partial charge in [-0.2, -0.15) is 0 Å². The van der Waals surface area contributed by atoms with Gasteiger partial charge in [-0.1, -0.05) is 16.8 Å². The average molecular weight is 253 g/mol. The van der Waals surface area contributed by atoms with Crippen molar-refractivity contribution < 1.29 is 9.32 Å². The van der Waals surface area contributed by atoms with Crippen LogP contribution in [-0.2, 0) is 0 Å². The average Bonchev–Trinajstić information content (AvgIpc) is 2.81. The molecule has 17 heavy (non-hydrogen) atoms. The lowest BCUT2D eigenvalue weighted by atomic mass is 10.1. The van der Waals surface area contributed by atoms with Crippen molar-refractivity contribution in [1.82, 2.24) is 5.16 Å². The van der Waals surface area contributed by atoms with Gasteiger partial charge in [-0.3, -0.25) is 10.6 Å². The van der Waals surface area contributed by atoms with E-state index in [0.29, 0.717) is 22.1 Å². The number of carbonyl (C=O) groups is 1. The van der Waals surface area contributed by atoms with Crippen LogP contribution in [0.5, 0.6) is 0 Å². The lowest BCUT2D eigenvalue weighted by Crippen LogP contribution is -2.17. The molecule has 0 radical (unpaired) electrons. The van der Waals surface area contributed by atoms with Gasteiger partial charge < -0.3 is 15.3 Å². The lowest BCUT2D eigenvalue weighted by Gasteiger charge is -2.08. The minimum Gasteiger partial charge on any atom is -0.363 e. The molecule has 0 saturated heterocycles. The van der Waals surface area contributed by atoms with Gasteiger partial charge in [-0.15, -0.1) is 0 Å². The van der Waals surface area contributed by atoms with Crippen molar-refractivity contribution in [2.45, 2.75) is 0 Å². The maximum absolute atomic E-state index is 11.9. The van der Waals surface area contributed by atoms with E-state index in [4.69, 9.17) is 17.4 Å². The summed E-state index contributed by atoms with van der Waals surface area (Å²) in [4.78, 5) is 11.9. The molecule has 0 aliphatic rings. The summed E-state index contributed by atoms with van der Waals surface area (Å²) >= 11 is 5.82. The van der Waals surface area contributed by atoms with Crippen molar-refractivity contribution in [3.8, 4) is 0 Å². The second kappa shape index (κ2) is 4.86. The van der Waals surface area contributed by atoms with Gasteiger partial charge in [-0.05, 0) is 18.2 Å². The number of nitrogen functional groups attached to an aromatic ring is 1. The first kappa shape index (κ1) is 11.4. The van der Waals surface area contributed by atoms with E-state index in [9.17, 15) is 4.79 Å². The van der Waals surface area contributed by atoms with E-state index >= 15 is 0 Å². The van der Waals surface area contributed by atoms with E-state index in [1.54, 1.807) is 12.1 Å². The predicted octanol–water partition coefficient (Wildman–Crippen LogP) is 1.87. The third-order valence-electron chi connectivity index (χ3n) is 2.06. The number of halogens is 1. The predicted molar refractivity (Wildman–Crippen MR) is 63.7 cm³/mol.